The maximum absolute atomic E-state index is 10.7. The molecule has 10 N–H and O–H groups in total. The minimum atomic E-state index is -2.77. The fourth-order valence-electron chi connectivity index (χ4n) is 5.31. The standard InChI is InChI=1S/C30H57NO12/c1-2-3-4-5-6-7-8-9-10-11-12-13-14-15-21(34)20(31)19-40-29-27(38)26(37)28(24(18-33)41-29)43-30(39)25(36)16-22(35)23(17-32)42-30/h14-15,20-29,32-39H,2-13,16-19,31H2,1H3/b15-14+/t20?,21-,22-,23-,24-,25?,26-,27?,28?,29-,30?/m1/s1. The Labute approximate surface area is 255 Å². The largest absolute Gasteiger partial charge is 0.394 e. The molecule has 0 aliphatic carbocycles. The molecular weight excluding hydrogens is 566 g/mol. The molecule has 0 aromatic rings. The predicted octanol–water partition coefficient (Wildman–Crippen LogP) is -0.0782. The van der Waals surface area contributed by atoms with Gasteiger partial charge in [0.25, 0.3) is 0 Å². The zero-order valence-corrected chi connectivity index (χ0v) is 25.5. The van der Waals surface area contributed by atoms with E-state index in [9.17, 15) is 40.9 Å². The summed E-state index contributed by atoms with van der Waals surface area (Å²) in [5.41, 5.74) is 6.03. The Morgan fingerprint density at radius 2 is 1.47 bits per heavy atom. The molecule has 0 saturated carbocycles. The fourth-order valence-corrected chi connectivity index (χ4v) is 5.31. The molecule has 0 aromatic carbocycles. The minimum absolute atomic E-state index is 0.246. The smallest absolute Gasteiger partial charge is 0.309 e. The third-order valence-electron chi connectivity index (χ3n) is 8.14. The molecule has 2 fully saturated rings. The van der Waals surface area contributed by atoms with Gasteiger partial charge in [0.15, 0.2) is 6.29 Å². The number of nitrogens with two attached hydrogens (primary N) is 1. The van der Waals surface area contributed by atoms with Crippen LogP contribution in [0.5, 0.6) is 0 Å². The summed E-state index contributed by atoms with van der Waals surface area (Å²) in [5, 5.41) is 81.6. The Kier molecular flexibility index (Phi) is 18.2. The number of hydrogen-bond acceptors (Lipinski definition) is 13. The van der Waals surface area contributed by atoms with Crippen LogP contribution in [-0.4, -0.2) is 128 Å². The van der Waals surface area contributed by atoms with E-state index in [1.54, 1.807) is 6.08 Å². The number of aliphatic hydroxyl groups is 8. The molecule has 0 amide bonds. The van der Waals surface area contributed by atoms with Crippen molar-refractivity contribution in [2.24, 2.45) is 5.73 Å². The van der Waals surface area contributed by atoms with Crippen molar-refractivity contribution in [2.75, 3.05) is 19.8 Å². The number of allylic oxidation sites excluding steroid dienone is 1. The minimum Gasteiger partial charge on any atom is -0.394 e. The molecule has 2 aliphatic heterocycles. The van der Waals surface area contributed by atoms with Gasteiger partial charge in [0.1, 0.15) is 36.6 Å². The average molecular weight is 624 g/mol. The van der Waals surface area contributed by atoms with Crippen molar-refractivity contribution in [3.05, 3.63) is 12.2 Å². The highest BCUT2D eigenvalue weighted by Gasteiger charge is 2.54. The quantitative estimate of drug-likeness (QED) is 0.0464. The van der Waals surface area contributed by atoms with E-state index < -0.39 is 86.8 Å². The van der Waals surface area contributed by atoms with E-state index in [1.807, 2.05) is 6.08 Å². The van der Waals surface area contributed by atoms with E-state index in [0.717, 1.165) is 19.3 Å². The Morgan fingerprint density at radius 1 is 0.884 bits per heavy atom. The van der Waals surface area contributed by atoms with Gasteiger partial charge in [0.2, 0.25) is 0 Å². The first-order chi connectivity index (χ1) is 20.6. The molecule has 2 heterocycles. The summed E-state index contributed by atoms with van der Waals surface area (Å²) in [5.74, 6) is -2.77. The van der Waals surface area contributed by atoms with Crippen molar-refractivity contribution in [3.63, 3.8) is 0 Å². The molecule has 0 aromatic heterocycles. The second-order valence-electron chi connectivity index (χ2n) is 11.8. The summed E-state index contributed by atoms with van der Waals surface area (Å²) in [4.78, 5) is 0. The van der Waals surface area contributed by atoms with E-state index in [0.29, 0.717) is 0 Å². The molecule has 0 spiro atoms. The summed E-state index contributed by atoms with van der Waals surface area (Å²) in [7, 11) is 0. The van der Waals surface area contributed by atoms with Crippen molar-refractivity contribution in [1.29, 1.82) is 0 Å². The molecule has 11 atom stereocenters. The van der Waals surface area contributed by atoms with E-state index in [-0.39, 0.29) is 6.61 Å². The lowest BCUT2D eigenvalue weighted by atomic mass is 9.97. The maximum atomic E-state index is 10.7. The van der Waals surface area contributed by atoms with Gasteiger partial charge in [-0.3, -0.25) is 0 Å². The molecule has 43 heavy (non-hydrogen) atoms. The number of unbranched alkanes of at least 4 members (excludes halogenated alkanes) is 11. The molecule has 0 bridgehead atoms. The number of ether oxygens (including phenoxy) is 4. The van der Waals surface area contributed by atoms with E-state index in [4.69, 9.17) is 24.7 Å². The van der Waals surface area contributed by atoms with Gasteiger partial charge in [-0.1, -0.05) is 83.3 Å². The zero-order valence-electron chi connectivity index (χ0n) is 25.5. The second kappa shape index (κ2) is 20.4. The van der Waals surface area contributed by atoms with Gasteiger partial charge >= 0.3 is 5.97 Å². The van der Waals surface area contributed by atoms with Crippen LogP contribution in [0.4, 0.5) is 0 Å². The molecule has 2 aliphatic rings. The lowest BCUT2D eigenvalue weighted by Gasteiger charge is -2.47. The lowest BCUT2D eigenvalue weighted by molar-refractivity contribution is -0.463. The first kappa shape index (κ1) is 38.4. The second-order valence-corrected chi connectivity index (χ2v) is 11.8. The van der Waals surface area contributed by atoms with Crippen molar-refractivity contribution < 1.29 is 59.8 Å². The van der Waals surface area contributed by atoms with Crippen molar-refractivity contribution in [1.82, 2.24) is 0 Å². The van der Waals surface area contributed by atoms with Gasteiger partial charge in [0, 0.05) is 6.42 Å². The third kappa shape index (κ3) is 12.5. The molecule has 5 unspecified atom stereocenters. The Morgan fingerprint density at radius 3 is 2.05 bits per heavy atom. The van der Waals surface area contributed by atoms with Crippen molar-refractivity contribution in [2.45, 2.75) is 158 Å². The molecule has 13 heteroatoms. The van der Waals surface area contributed by atoms with Crippen LogP contribution >= 0.6 is 0 Å². The zero-order chi connectivity index (χ0) is 31.8. The van der Waals surface area contributed by atoms with Gasteiger partial charge < -0.3 is 65.5 Å². The summed E-state index contributed by atoms with van der Waals surface area (Å²) in [6.07, 6.45) is 4.49. The van der Waals surface area contributed by atoms with Crippen LogP contribution in [0, 0.1) is 0 Å². The van der Waals surface area contributed by atoms with Crippen LogP contribution in [0.1, 0.15) is 90.4 Å². The molecule has 2 rings (SSSR count). The summed E-state index contributed by atoms with van der Waals surface area (Å²) >= 11 is 0. The van der Waals surface area contributed by atoms with Crippen LogP contribution in [0.25, 0.3) is 0 Å². The molecular formula is C30H57NO12. The summed E-state index contributed by atoms with van der Waals surface area (Å²) in [6.45, 7) is 0.561. The van der Waals surface area contributed by atoms with Crippen LogP contribution < -0.4 is 5.73 Å². The van der Waals surface area contributed by atoms with Gasteiger partial charge in [-0.25, -0.2) is 0 Å². The van der Waals surface area contributed by atoms with Crippen LogP contribution in [0.3, 0.4) is 0 Å². The van der Waals surface area contributed by atoms with Gasteiger partial charge in [0.05, 0.1) is 38.1 Å². The maximum Gasteiger partial charge on any atom is 0.309 e. The SMILES string of the molecule is CCCCCCCCCCCCC/C=C/[C@@H](O)C(N)CO[C@@H]1O[C@H](CO)C(OC2(O)O[C@H](CO)[C@H](O)CC2O)[C@H](O)C1O. The Bertz CT molecular complexity index is 761. The summed E-state index contributed by atoms with van der Waals surface area (Å²) < 4.78 is 21.5. The lowest BCUT2D eigenvalue weighted by Crippen LogP contribution is -2.66. The highest BCUT2D eigenvalue weighted by atomic mass is 16.8. The fraction of sp³-hybridized carbons (Fsp3) is 0.933. The number of hydrogen-bond donors (Lipinski definition) is 9. The van der Waals surface area contributed by atoms with Crippen LogP contribution in [0.2, 0.25) is 0 Å². The number of rotatable bonds is 21. The monoisotopic (exact) mass is 623 g/mol. The van der Waals surface area contributed by atoms with Crippen molar-refractivity contribution >= 4 is 0 Å². The Balaban J connectivity index is 1.71. The average Bonchev–Trinajstić information content (AvgIpc) is 2.99. The highest BCUT2D eigenvalue weighted by molar-refractivity contribution is 4.96. The molecule has 0 radical (unpaired) electrons. The Hall–Kier alpha value is -0.780. The normalized spacial score (nSPS) is 34.9. The van der Waals surface area contributed by atoms with Crippen LogP contribution in [-0.2, 0) is 18.9 Å². The molecule has 13 nitrogen and oxygen atoms in total. The predicted molar refractivity (Wildman–Crippen MR) is 156 cm³/mol. The van der Waals surface area contributed by atoms with E-state index >= 15 is 0 Å². The van der Waals surface area contributed by atoms with Crippen LogP contribution in [0.15, 0.2) is 12.2 Å². The highest BCUT2D eigenvalue weighted by Crippen LogP contribution is 2.34. The third-order valence-corrected chi connectivity index (χ3v) is 8.14. The molecule has 2 saturated heterocycles. The van der Waals surface area contributed by atoms with Gasteiger partial charge in [-0.05, 0) is 12.8 Å². The number of aliphatic hydroxyl groups excluding tert-OH is 7. The van der Waals surface area contributed by atoms with Gasteiger partial charge in [-0.2, -0.15) is 0 Å². The summed E-state index contributed by atoms with van der Waals surface area (Å²) in [6, 6.07) is -0.864. The first-order valence-electron chi connectivity index (χ1n) is 16.0. The molecule has 254 valence electrons. The topological polar surface area (TPSA) is 225 Å². The van der Waals surface area contributed by atoms with E-state index in [1.165, 1.54) is 57.8 Å². The van der Waals surface area contributed by atoms with E-state index in [2.05, 4.69) is 6.92 Å². The van der Waals surface area contributed by atoms with Crippen molar-refractivity contribution in [3.8, 4) is 0 Å². The van der Waals surface area contributed by atoms with Gasteiger partial charge in [-0.15, -0.1) is 0 Å². The first-order valence-corrected chi connectivity index (χ1v) is 16.0.